The lowest BCUT2D eigenvalue weighted by Gasteiger charge is -2.08. The van der Waals surface area contributed by atoms with Crippen LogP contribution in [0.1, 0.15) is 23.3 Å². The van der Waals surface area contributed by atoms with Crippen LogP contribution in [0.5, 0.6) is 0 Å². The van der Waals surface area contributed by atoms with Gasteiger partial charge in [-0.05, 0) is 12.8 Å². The quantitative estimate of drug-likeness (QED) is 0.739. The largest absolute Gasteiger partial charge is 0.376 e. The first kappa shape index (κ1) is 15.0. The first-order valence-electron chi connectivity index (χ1n) is 7.68. The van der Waals surface area contributed by atoms with Gasteiger partial charge in [0.05, 0.1) is 30.7 Å². The Bertz CT molecular complexity index is 819. The molecule has 1 atom stereocenters. The molecule has 9 heteroatoms. The molecule has 1 amide bonds. The van der Waals surface area contributed by atoms with Gasteiger partial charge in [0.1, 0.15) is 10.7 Å². The molecule has 4 heterocycles. The van der Waals surface area contributed by atoms with E-state index in [0.29, 0.717) is 17.9 Å². The van der Waals surface area contributed by atoms with Crippen LogP contribution < -0.4 is 5.32 Å². The minimum absolute atomic E-state index is 0.213. The number of rotatable bonds is 5. The van der Waals surface area contributed by atoms with E-state index in [1.165, 1.54) is 11.3 Å². The fourth-order valence-electron chi connectivity index (χ4n) is 2.60. The fraction of sp³-hybridized carbons (Fsp3) is 0.333. The molecule has 0 aromatic carbocycles. The zero-order valence-electron chi connectivity index (χ0n) is 12.8. The molecule has 8 nitrogen and oxygen atoms in total. The zero-order valence-corrected chi connectivity index (χ0v) is 13.6. The number of nitrogens with one attached hydrogen (secondary N) is 2. The maximum atomic E-state index is 12.3. The lowest BCUT2D eigenvalue weighted by molar-refractivity contribution is 0.0940. The molecule has 0 saturated carbocycles. The third-order valence-electron chi connectivity index (χ3n) is 3.79. The van der Waals surface area contributed by atoms with Crippen LogP contribution in [0.3, 0.4) is 0 Å². The SMILES string of the molecule is O=C(Nc1cnn(CC2CCCO2)c1)c1csc(-c2cn[nH]c2)n1. The minimum atomic E-state index is -0.252. The number of aromatic nitrogens is 5. The Balaban J connectivity index is 1.40. The first-order chi connectivity index (χ1) is 11.8. The van der Waals surface area contributed by atoms with Gasteiger partial charge in [0.2, 0.25) is 0 Å². The van der Waals surface area contributed by atoms with E-state index >= 15 is 0 Å². The number of thiazole rings is 1. The number of hydrogen-bond donors (Lipinski definition) is 2. The van der Waals surface area contributed by atoms with Gasteiger partial charge in [-0.2, -0.15) is 10.2 Å². The lowest BCUT2D eigenvalue weighted by Crippen LogP contribution is -2.15. The van der Waals surface area contributed by atoms with Crippen molar-refractivity contribution in [2.75, 3.05) is 11.9 Å². The van der Waals surface area contributed by atoms with Crippen molar-refractivity contribution in [2.45, 2.75) is 25.5 Å². The van der Waals surface area contributed by atoms with E-state index in [-0.39, 0.29) is 12.0 Å². The highest BCUT2D eigenvalue weighted by Gasteiger charge is 2.17. The Hall–Kier alpha value is -2.52. The Kier molecular flexibility index (Phi) is 4.09. The number of H-pyrrole nitrogens is 1. The molecule has 124 valence electrons. The second-order valence-electron chi connectivity index (χ2n) is 5.57. The second kappa shape index (κ2) is 6.54. The average molecular weight is 344 g/mol. The van der Waals surface area contributed by atoms with Gasteiger partial charge in [-0.25, -0.2) is 4.98 Å². The number of hydrogen-bond acceptors (Lipinski definition) is 6. The highest BCUT2D eigenvalue weighted by atomic mass is 32.1. The summed E-state index contributed by atoms with van der Waals surface area (Å²) in [5, 5.41) is 16.2. The molecular formula is C15H16N6O2S. The topological polar surface area (TPSA) is 97.7 Å². The summed E-state index contributed by atoms with van der Waals surface area (Å²) in [5.41, 5.74) is 1.89. The highest BCUT2D eigenvalue weighted by Crippen LogP contribution is 2.23. The van der Waals surface area contributed by atoms with Gasteiger partial charge in [-0.15, -0.1) is 11.3 Å². The number of carbonyl (C=O) groups is 1. The summed E-state index contributed by atoms with van der Waals surface area (Å²) in [6, 6.07) is 0. The molecule has 1 aliphatic heterocycles. The Morgan fingerprint density at radius 3 is 3.25 bits per heavy atom. The summed E-state index contributed by atoms with van der Waals surface area (Å²) in [5.74, 6) is -0.252. The van der Waals surface area contributed by atoms with Crippen LogP contribution in [0, 0.1) is 0 Å². The van der Waals surface area contributed by atoms with Gasteiger partial charge in [0.15, 0.2) is 0 Å². The van der Waals surface area contributed by atoms with E-state index in [0.717, 1.165) is 30.0 Å². The Labute approximate surface area is 141 Å². The van der Waals surface area contributed by atoms with Crippen LogP contribution in [0.4, 0.5) is 5.69 Å². The predicted molar refractivity (Wildman–Crippen MR) is 88.8 cm³/mol. The third-order valence-corrected chi connectivity index (χ3v) is 4.68. The van der Waals surface area contributed by atoms with Crippen LogP contribution in [0.2, 0.25) is 0 Å². The minimum Gasteiger partial charge on any atom is -0.376 e. The fourth-order valence-corrected chi connectivity index (χ4v) is 3.38. The summed E-state index contributed by atoms with van der Waals surface area (Å²) in [7, 11) is 0. The van der Waals surface area contributed by atoms with Crippen molar-refractivity contribution in [1.29, 1.82) is 0 Å². The monoisotopic (exact) mass is 344 g/mol. The zero-order chi connectivity index (χ0) is 16.4. The van der Waals surface area contributed by atoms with Crippen molar-refractivity contribution >= 4 is 22.9 Å². The molecule has 4 rings (SSSR count). The number of nitrogens with zero attached hydrogens (tertiary/aromatic N) is 4. The van der Waals surface area contributed by atoms with E-state index in [4.69, 9.17) is 4.74 Å². The van der Waals surface area contributed by atoms with Gasteiger partial charge in [-0.3, -0.25) is 14.6 Å². The van der Waals surface area contributed by atoms with Crippen molar-refractivity contribution in [3.8, 4) is 10.6 Å². The molecule has 1 unspecified atom stereocenters. The van der Waals surface area contributed by atoms with Crippen LogP contribution in [0.25, 0.3) is 10.6 Å². The number of carbonyl (C=O) groups excluding carboxylic acids is 1. The molecule has 0 aliphatic carbocycles. The Morgan fingerprint density at radius 1 is 1.50 bits per heavy atom. The molecule has 0 spiro atoms. The van der Waals surface area contributed by atoms with E-state index in [2.05, 4.69) is 25.6 Å². The van der Waals surface area contributed by atoms with Crippen molar-refractivity contribution < 1.29 is 9.53 Å². The summed E-state index contributed by atoms with van der Waals surface area (Å²) in [6.07, 6.45) is 9.23. The maximum Gasteiger partial charge on any atom is 0.275 e. The average Bonchev–Trinajstić information content (AvgIpc) is 3.36. The van der Waals surface area contributed by atoms with E-state index < -0.39 is 0 Å². The molecule has 0 bridgehead atoms. The summed E-state index contributed by atoms with van der Waals surface area (Å²) >= 11 is 1.40. The summed E-state index contributed by atoms with van der Waals surface area (Å²) in [6.45, 7) is 1.52. The smallest absolute Gasteiger partial charge is 0.275 e. The molecular weight excluding hydrogens is 328 g/mol. The second-order valence-corrected chi connectivity index (χ2v) is 6.42. The predicted octanol–water partition coefficient (Wildman–Crippen LogP) is 2.16. The summed E-state index contributed by atoms with van der Waals surface area (Å²) < 4.78 is 7.39. The van der Waals surface area contributed by atoms with E-state index in [1.54, 1.807) is 28.7 Å². The van der Waals surface area contributed by atoms with Crippen LogP contribution >= 0.6 is 11.3 Å². The lowest BCUT2D eigenvalue weighted by atomic mass is 10.2. The number of amides is 1. The Morgan fingerprint density at radius 2 is 2.46 bits per heavy atom. The number of aromatic amines is 1. The molecule has 3 aromatic rings. The van der Waals surface area contributed by atoms with Crippen molar-refractivity contribution in [2.24, 2.45) is 0 Å². The normalized spacial score (nSPS) is 17.2. The summed E-state index contributed by atoms with van der Waals surface area (Å²) in [4.78, 5) is 16.6. The van der Waals surface area contributed by atoms with Gasteiger partial charge in [0.25, 0.3) is 5.91 Å². The van der Waals surface area contributed by atoms with Gasteiger partial charge in [0, 0.05) is 29.9 Å². The van der Waals surface area contributed by atoms with Crippen LogP contribution in [0.15, 0.2) is 30.2 Å². The molecule has 2 N–H and O–H groups in total. The maximum absolute atomic E-state index is 12.3. The van der Waals surface area contributed by atoms with Gasteiger partial charge >= 0.3 is 0 Å². The molecule has 1 aliphatic rings. The van der Waals surface area contributed by atoms with Gasteiger partial charge < -0.3 is 10.1 Å². The van der Waals surface area contributed by atoms with Gasteiger partial charge in [-0.1, -0.05) is 0 Å². The van der Waals surface area contributed by atoms with Crippen LogP contribution in [-0.2, 0) is 11.3 Å². The van der Waals surface area contributed by atoms with Crippen LogP contribution in [-0.4, -0.2) is 43.6 Å². The standard InChI is InChI=1S/C15H16N6O2S/c22-14(13-9-24-15(20-13)10-4-16-17-5-10)19-11-6-18-21(7-11)8-12-2-1-3-23-12/h4-7,9,12H,1-3,8H2,(H,16,17)(H,19,22). The first-order valence-corrected chi connectivity index (χ1v) is 8.56. The van der Waals surface area contributed by atoms with E-state index in [9.17, 15) is 4.79 Å². The van der Waals surface area contributed by atoms with Crippen molar-refractivity contribution in [3.63, 3.8) is 0 Å². The number of anilines is 1. The molecule has 0 radical (unpaired) electrons. The molecule has 24 heavy (non-hydrogen) atoms. The molecule has 1 fully saturated rings. The number of ether oxygens (including phenoxy) is 1. The van der Waals surface area contributed by atoms with E-state index in [1.807, 2.05) is 6.20 Å². The van der Waals surface area contributed by atoms with Crippen molar-refractivity contribution in [3.05, 3.63) is 35.9 Å². The van der Waals surface area contributed by atoms with Crippen molar-refractivity contribution in [1.82, 2.24) is 25.0 Å². The highest BCUT2D eigenvalue weighted by molar-refractivity contribution is 7.13. The third kappa shape index (κ3) is 3.22. The molecule has 3 aromatic heterocycles. The molecule has 1 saturated heterocycles.